The predicted molar refractivity (Wildman–Crippen MR) is 75.7 cm³/mol. The molecule has 1 aliphatic carbocycles. The first-order valence-electron chi connectivity index (χ1n) is 6.57. The fourth-order valence-corrected chi connectivity index (χ4v) is 2.47. The van der Waals surface area contributed by atoms with Crippen molar-refractivity contribution in [3.05, 3.63) is 62.5 Å². The summed E-state index contributed by atoms with van der Waals surface area (Å²) in [6, 6.07) is 5.91. The van der Waals surface area contributed by atoms with Crippen molar-refractivity contribution in [3.8, 4) is 0 Å². The minimum Gasteiger partial charge on any atom is -0.292 e. The van der Waals surface area contributed by atoms with Crippen LogP contribution in [0.15, 0.2) is 29.1 Å². The Labute approximate surface area is 121 Å². The van der Waals surface area contributed by atoms with Crippen molar-refractivity contribution >= 4 is 11.6 Å². The van der Waals surface area contributed by atoms with Crippen LogP contribution in [0.1, 0.15) is 35.7 Å². The highest BCUT2D eigenvalue weighted by molar-refractivity contribution is 6.29. The zero-order valence-electron chi connectivity index (χ0n) is 11.1. The third-order valence-corrected chi connectivity index (χ3v) is 3.78. The zero-order valence-corrected chi connectivity index (χ0v) is 11.8. The molecule has 2 aromatic rings. The second-order valence-electron chi connectivity index (χ2n) is 5.21. The Morgan fingerprint density at radius 1 is 1.40 bits per heavy atom. The number of benzene rings is 1. The lowest BCUT2D eigenvalue weighted by Gasteiger charge is -2.13. The van der Waals surface area contributed by atoms with Crippen LogP contribution in [0.2, 0.25) is 5.15 Å². The molecular formula is C15H14ClFN2O. The second kappa shape index (κ2) is 5.02. The maximum Gasteiger partial charge on any atom is 0.255 e. The topological polar surface area (TPSA) is 34.9 Å². The first kappa shape index (κ1) is 13.3. The van der Waals surface area contributed by atoms with Crippen LogP contribution in [0.25, 0.3) is 0 Å². The Morgan fingerprint density at radius 2 is 2.15 bits per heavy atom. The molecule has 0 radical (unpaired) electrons. The summed E-state index contributed by atoms with van der Waals surface area (Å²) >= 11 is 5.87. The average Bonchev–Trinajstić information content (AvgIpc) is 3.20. The van der Waals surface area contributed by atoms with Crippen molar-refractivity contribution in [1.82, 2.24) is 9.55 Å². The van der Waals surface area contributed by atoms with E-state index in [1.807, 2.05) is 6.92 Å². The third kappa shape index (κ3) is 2.61. The summed E-state index contributed by atoms with van der Waals surface area (Å²) in [7, 11) is 0. The first-order valence-corrected chi connectivity index (χ1v) is 6.94. The highest BCUT2D eigenvalue weighted by atomic mass is 35.5. The van der Waals surface area contributed by atoms with E-state index in [4.69, 9.17) is 11.6 Å². The molecule has 0 saturated heterocycles. The number of aromatic nitrogens is 2. The molecule has 0 N–H and O–H groups in total. The van der Waals surface area contributed by atoms with Crippen LogP contribution < -0.4 is 5.56 Å². The van der Waals surface area contributed by atoms with E-state index in [2.05, 4.69) is 4.98 Å². The number of rotatable bonds is 3. The van der Waals surface area contributed by atoms with Crippen molar-refractivity contribution in [2.45, 2.75) is 32.2 Å². The smallest absolute Gasteiger partial charge is 0.255 e. The molecule has 1 heterocycles. The van der Waals surface area contributed by atoms with E-state index in [1.165, 1.54) is 18.2 Å². The Kier molecular flexibility index (Phi) is 3.34. The monoisotopic (exact) mass is 292 g/mol. The molecule has 1 aliphatic rings. The Bertz CT molecular complexity index is 722. The van der Waals surface area contributed by atoms with Gasteiger partial charge < -0.3 is 0 Å². The molecule has 1 saturated carbocycles. The Morgan fingerprint density at radius 3 is 2.85 bits per heavy atom. The summed E-state index contributed by atoms with van der Waals surface area (Å²) in [4.78, 5) is 16.4. The van der Waals surface area contributed by atoms with Gasteiger partial charge in [-0.15, -0.1) is 0 Å². The Hall–Kier alpha value is -1.68. The fourth-order valence-electron chi connectivity index (χ4n) is 2.29. The van der Waals surface area contributed by atoms with E-state index in [-0.39, 0.29) is 16.5 Å². The van der Waals surface area contributed by atoms with Crippen molar-refractivity contribution in [2.24, 2.45) is 0 Å². The van der Waals surface area contributed by atoms with Gasteiger partial charge in [0.1, 0.15) is 16.8 Å². The van der Waals surface area contributed by atoms with Gasteiger partial charge in [-0.05, 0) is 43.0 Å². The summed E-state index contributed by atoms with van der Waals surface area (Å²) in [6.45, 7) is 2.23. The van der Waals surface area contributed by atoms with Crippen LogP contribution in [0, 0.1) is 12.7 Å². The number of aryl methyl sites for hydroxylation is 1. The SMILES string of the molecule is Cc1ccc(F)cc1Cn1c(C2CC2)nc(Cl)cc1=O. The standard InChI is InChI=1S/C15H14ClFN2O/c1-9-2-5-12(17)6-11(9)8-19-14(20)7-13(16)18-15(19)10-3-4-10/h2,5-7,10H,3-4,8H2,1H3. The van der Waals surface area contributed by atoms with Crippen LogP contribution >= 0.6 is 11.6 Å². The lowest BCUT2D eigenvalue weighted by molar-refractivity contribution is 0.617. The molecule has 1 fully saturated rings. The van der Waals surface area contributed by atoms with E-state index < -0.39 is 0 Å². The van der Waals surface area contributed by atoms with E-state index in [0.29, 0.717) is 18.3 Å². The van der Waals surface area contributed by atoms with E-state index in [1.54, 1.807) is 10.6 Å². The first-order chi connectivity index (χ1) is 9.54. The molecular weight excluding hydrogens is 279 g/mol. The molecule has 0 aliphatic heterocycles. The van der Waals surface area contributed by atoms with E-state index >= 15 is 0 Å². The summed E-state index contributed by atoms with van der Waals surface area (Å²) in [5.41, 5.74) is 1.56. The van der Waals surface area contributed by atoms with Gasteiger partial charge in [-0.2, -0.15) is 0 Å². The van der Waals surface area contributed by atoms with Crippen LogP contribution in [0.5, 0.6) is 0 Å². The number of hydrogen-bond acceptors (Lipinski definition) is 2. The molecule has 20 heavy (non-hydrogen) atoms. The second-order valence-corrected chi connectivity index (χ2v) is 5.59. The maximum absolute atomic E-state index is 13.4. The molecule has 0 amide bonds. The largest absolute Gasteiger partial charge is 0.292 e. The Balaban J connectivity index is 2.06. The normalized spacial score (nSPS) is 14.6. The van der Waals surface area contributed by atoms with Crippen LogP contribution in [-0.2, 0) is 6.54 Å². The van der Waals surface area contributed by atoms with Crippen LogP contribution in [0.4, 0.5) is 4.39 Å². The summed E-state index contributed by atoms with van der Waals surface area (Å²) in [5.74, 6) is 0.718. The highest BCUT2D eigenvalue weighted by Crippen LogP contribution is 2.39. The molecule has 3 rings (SSSR count). The average molecular weight is 293 g/mol. The lowest BCUT2D eigenvalue weighted by Crippen LogP contribution is -2.25. The van der Waals surface area contributed by atoms with Crippen molar-refractivity contribution in [3.63, 3.8) is 0 Å². The van der Waals surface area contributed by atoms with Gasteiger partial charge >= 0.3 is 0 Å². The molecule has 1 aromatic carbocycles. The van der Waals surface area contributed by atoms with Crippen molar-refractivity contribution in [2.75, 3.05) is 0 Å². The molecule has 0 atom stereocenters. The van der Waals surface area contributed by atoms with Gasteiger partial charge in [0, 0.05) is 12.0 Å². The van der Waals surface area contributed by atoms with Crippen molar-refractivity contribution in [1.29, 1.82) is 0 Å². The van der Waals surface area contributed by atoms with Crippen molar-refractivity contribution < 1.29 is 4.39 Å². The minimum atomic E-state index is -0.298. The molecule has 1 aromatic heterocycles. The molecule has 5 heteroatoms. The number of nitrogens with zero attached hydrogens (tertiary/aromatic N) is 2. The van der Waals surface area contributed by atoms with Gasteiger partial charge in [0.2, 0.25) is 0 Å². The fraction of sp³-hybridized carbons (Fsp3) is 0.333. The van der Waals surface area contributed by atoms with Gasteiger partial charge in [-0.1, -0.05) is 17.7 Å². The zero-order chi connectivity index (χ0) is 14.3. The van der Waals surface area contributed by atoms with Crippen LogP contribution in [0.3, 0.4) is 0 Å². The van der Waals surface area contributed by atoms with E-state index in [0.717, 1.165) is 24.0 Å². The van der Waals surface area contributed by atoms with Crippen LogP contribution in [-0.4, -0.2) is 9.55 Å². The van der Waals surface area contributed by atoms with Gasteiger partial charge in [-0.3, -0.25) is 9.36 Å². The molecule has 3 nitrogen and oxygen atoms in total. The molecule has 0 spiro atoms. The minimum absolute atomic E-state index is 0.185. The van der Waals surface area contributed by atoms with Gasteiger partial charge in [0.05, 0.1) is 6.54 Å². The predicted octanol–water partition coefficient (Wildman–Crippen LogP) is 3.27. The summed E-state index contributed by atoms with van der Waals surface area (Å²) in [5, 5.41) is 0.226. The summed E-state index contributed by atoms with van der Waals surface area (Å²) < 4.78 is 15.0. The number of halogens is 2. The molecule has 104 valence electrons. The highest BCUT2D eigenvalue weighted by Gasteiger charge is 2.29. The third-order valence-electron chi connectivity index (χ3n) is 3.59. The number of hydrogen-bond donors (Lipinski definition) is 0. The van der Waals surface area contributed by atoms with E-state index in [9.17, 15) is 9.18 Å². The summed E-state index contributed by atoms with van der Waals surface area (Å²) in [6.07, 6.45) is 2.05. The van der Waals surface area contributed by atoms with Gasteiger partial charge in [0.25, 0.3) is 5.56 Å². The maximum atomic E-state index is 13.4. The molecule has 0 unspecified atom stereocenters. The lowest BCUT2D eigenvalue weighted by atomic mass is 10.1. The quantitative estimate of drug-likeness (QED) is 0.814. The molecule has 0 bridgehead atoms. The van der Waals surface area contributed by atoms with Gasteiger partial charge in [0.15, 0.2) is 0 Å². The van der Waals surface area contributed by atoms with Gasteiger partial charge in [-0.25, -0.2) is 9.37 Å².